The largest absolute Gasteiger partial charge is 0.444 e. The topological polar surface area (TPSA) is 141 Å². The number of rotatable bonds is 7. The van der Waals surface area contributed by atoms with Gasteiger partial charge in [0.25, 0.3) is 0 Å². The van der Waals surface area contributed by atoms with Crippen molar-refractivity contribution in [1.29, 1.82) is 0 Å². The third-order valence-corrected chi connectivity index (χ3v) is 4.29. The summed E-state index contributed by atoms with van der Waals surface area (Å²) in [7, 11) is 1.45. The normalized spacial score (nSPS) is 27.0. The van der Waals surface area contributed by atoms with E-state index < -0.39 is 42.3 Å². The molecular formula is C19H29N5O5. The Hall–Kier alpha value is -2.36. The number of nitrogens with two attached hydrogens (primary N) is 1. The van der Waals surface area contributed by atoms with Gasteiger partial charge in [-0.15, -0.1) is 0 Å². The van der Waals surface area contributed by atoms with Crippen LogP contribution in [0, 0.1) is 0 Å². The molecular weight excluding hydrogens is 378 g/mol. The van der Waals surface area contributed by atoms with E-state index in [0.717, 1.165) is 5.56 Å². The second-order valence-corrected chi connectivity index (χ2v) is 7.64. The summed E-state index contributed by atoms with van der Waals surface area (Å²) in [6.45, 7) is 5.61. The third kappa shape index (κ3) is 6.59. The first-order valence-corrected chi connectivity index (χ1v) is 9.36. The Labute approximate surface area is 170 Å². The molecule has 2 rings (SSSR count). The first-order valence-electron chi connectivity index (χ1n) is 9.36. The molecule has 0 aromatic heterocycles. The van der Waals surface area contributed by atoms with Gasteiger partial charge in [0.2, 0.25) is 0 Å². The summed E-state index contributed by atoms with van der Waals surface area (Å²) in [6, 6.07) is 7.96. The van der Waals surface area contributed by atoms with Crippen molar-refractivity contribution in [2.24, 2.45) is 10.8 Å². The number of azide groups is 1. The molecule has 0 bridgehead atoms. The van der Waals surface area contributed by atoms with Gasteiger partial charge in [-0.2, -0.15) is 0 Å². The lowest BCUT2D eigenvalue weighted by Crippen LogP contribution is -2.65. The van der Waals surface area contributed by atoms with Gasteiger partial charge in [-0.3, -0.25) is 0 Å². The summed E-state index contributed by atoms with van der Waals surface area (Å²) in [4.78, 5) is 15.3. The Bertz CT molecular complexity index is 705. The molecule has 3 N–H and O–H groups in total. The van der Waals surface area contributed by atoms with Gasteiger partial charge in [-0.25, -0.2) is 4.79 Å². The molecule has 0 unspecified atom stereocenters. The average molecular weight is 407 g/mol. The van der Waals surface area contributed by atoms with Crippen LogP contribution in [0.15, 0.2) is 35.4 Å². The zero-order valence-electron chi connectivity index (χ0n) is 17.1. The standard InChI is InChI=1S/C19H29N5O5/c1-19(2,3)29-18(25)22-15-16(27-11-12-8-6-5-7-9-12)14(23-24-21)13(10-20)28-17(15)26-4/h5-9,13-17H,10-11,20H2,1-4H3,(H,22,25)/t13-,14+,15+,16-,17+/m1/s1. The molecule has 1 aromatic rings. The Balaban J connectivity index is 2.28. The minimum atomic E-state index is -0.859. The molecule has 5 atom stereocenters. The fraction of sp³-hybridized carbons (Fsp3) is 0.632. The van der Waals surface area contributed by atoms with E-state index in [1.807, 2.05) is 30.3 Å². The molecule has 1 aliphatic rings. The first-order chi connectivity index (χ1) is 13.8. The molecule has 1 amide bonds. The monoisotopic (exact) mass is 407 g/mol. The maximum absolute atomic E-state index is 12.4. The number of methoxy groups -OCH3 is 1. The van der Waals surface area contributed by atoms with Crippen molar-refractivity contribution >= 4 is 6.09 Å². The van der Waals surface area contributed by atoms with Gasteiger partial charge in [0.1, 0.15) is 11.6 Å². The number of ether oxygens (including phenoxy) is 4. The highest BCUT2D eigenvalue weighted by molar-refractivity contribution is 5.68. The maximum Gasteiger partial charge on any atom is 0.408 e. The second-order valence-electron chi connectivity index (χ2n) is 7.64. The van der Waals surface area contributed by atoms with Crippen LogP contribution in [0.2, 0.25) is 0 Å². The van der Waals surface area contributed by atoms with E-state index in [9.17, 15) is 4.79 Å². The van der Waals surface area contributed by atoms with Crippen LogP contribution in [0.25, 0.3) is 10.4 Å². The number of amides is 1. The number of nitrogens with one attached hydrogen (secondary N) is 1. The van der Waals surface area contributed by atoms with Crippen LogP contribution in [-0.2, 0) is 25.6 Å². The van der Waals surface area contributed by atoms with Crippen LogP contribution in [0.5, 0.6) is 0 Å². The smallest absolute Gasteiger partial charge is 0.408 e. The van der Waals surface area contributed by atoms with Gasteiger partial charge in [-0.05, 0) is 31.9 Å². The number of carbonyl (C=O) groups excluding carboxylic acids is 1. The predicted molar refractivity (Wildman–Crippen MR) is 106 cm³/mol. The van der Waals surface area contributed by atoms with Crippen molar-refractivity contribution in [1.82, 2.24) is 5.32 Å². The summed E-state index contributed by atoms with van der Waals surface area (Å²) >= 11 is 0. The number of alkyl carbamates (subject to hydrolysis) is 1. The quantitative estimate of drug-likeness (QED) is 0.404. The van der Waals surface area contributed by atoms with Crippen molar-refractivity contribution in [2.45, 2.75) is 63.6 Å². The van der Waals surface area contributed by atoms with Gasteiger partial charge in [0.05, 0.1) is 24.9 Å². The maximum atomic E-state index is 12.4. The zero-order chi connectivity index (χ0) is 21.4. The highest BCUT2D eigenvalue weighted by Crippen LogP contribution is 2.27. The lowest BCUT2D eigenvalue weighted by atomic mass is 9.94. The molecule has 1 saturated heterocycles. The molecule has 10 heteroatoms. The molecule has 1 heterocycles. The molecule has 1 aliphatic heterocycles. The molecule has 0 aliphatic carbocycles. The van der Waals surface area contributed by atoms with E-state index in [2.05, 4.69) is 15.3 Å². The van der Waals surface area contributed by atoms with Gasteiger partial charge < -0.3 is 30.0 Å². The van der Waals surface area contributed by atoms with Crippen LogP contribution in [-0.4, -0.2) is 55.9 Å². The first kappa shape index (κ1) is 22.9. The highest BCUT2D eigenvalue weighted by Gasteiger charge is 2.47. The Morgan fingerprint density at radius 2 is 2.03 bits per heavy atom. The van der Waals surface area contributed by atoms with Crippen LogP contribution in [0.1, 0.15) is 26.3 Å². The summed E-state index contributed by atoms with van der Waals surface area (Å²) in [5.74, 6) is 0. The summed E-state index contributed by atoms with van der Waals surface area (Å²) in [6.07, 6.45) is -2.89. The summed E-state index contributed by atoms with van der Waals surface area (Å²) in [5.41, 5.74) is 15.1. The number of carbonyl (C=O) groups is 1. The molecule has 29 heavy (non-hydrogen) atoms. The van der Waals surface area contributed by atoms with E-state index in [0.29, 0.717) is 0 Å². The van der Waals surface area contributed by atoms with Gasteiger partial charge in [0, 0.05) is 18.6 Å². The van der Waals surface area contributed by atoms with Gasteiger partial charge >= 0.3 is 6.09 Å². The van der Waals surface area contributed by atoms with Crippen LogP contribution < -0.4 is 11.1 Å². The fourth-order valence-corrected chi connectivity index (χ4v) is 3.08. The zero-order valence-corrected chi connectivity index (χ0v) is 17.1. The molecule has 0 radical (unpaired) electrons. The predicted octanol–water partition coefficient (Wildman–Crippen LogP) is 2.47. The van der Waals surface area contributed by atoms with E-state index in [-0.39, 0.29) is 13.2 Å². The van der Waals surface area contributed by atoms with E-state index >= 15 is 0 Å². The molecule has 10 nitrogen and oxygen atoms in total. The van der Waals surface area contributed by atoms with Crippen LogP contribution in [0.3, 0.4) is 0 Å². The number of hydrogen-bond donors (Lipinski definition) is 2. The van der Waals surface area contributed by atoms with Crippen molar-refractivity contribution < 1.29 is 23.7 Å². The Morgan fingerprint density at radius 3 is 2.59 bits per heavy atom. The minimum absolute atomic E-state index is 0.0912. The lowest BCUT2D eigenvalue weighted by Gasteiger charge is -2.44. The average Bonchev–Trinajstić information content (AvgIpc) is 2.67. The summed E-state index contributed by atoms with van der Waals surface area (Å²) < 4.78 is 22.7. The fourth-order valence-electron chi connectivity index (χ4n) is 3.08. The van der Waals surface area contributed by atoms with Crippen molar-refractivity contribution in [3.05, 3.63) is 46.3 Å². The Kier molecular flexibility index (Phi) is 8.24. The molecule has 1 fully saturated rings. The second kappa shape index (κ2) is 10.4. The molecule has 0 spiro atoms. The van der Waals surface area contributed by atoms with E-state index in [1.165, 1.54) is 7.11 Å². The SMILES string of the molecule is CO[C@H]1O[C@H](CN)[C@H](N=[N+]=[N-])[C@@H](OCc2ccccc2)[C@@H]1NC(=O)OC(C)(C)C. The lowest BCUT2D eigenvalue weighted by molar-refractivity contribution is -0.232. The van der Waals surface area contributed by atoms with Gasteiger partial charge in [-0.1, -0.05) is 35.4 Å². The van der Waals surface area contributed by atoms with Gasteiger partial charge in [0.15, 0.2) is 6.29 Å². The van der Waals surface area contributed by atoms with Crippen molar-refractivity contribution in [2.75, 3.05) is 13.7 Å². The summed E-state index contributed by atoms with van der Waals surface area (Å²) in [5, 5.41) is 6.57. The van der Waals surface area contributed by atoms with Crippen LogP contribution >= 0.6 is 0 Å². The number of hydrogen-bond acceptors (Lipinski definition) is 7. The van der Waals surface area contributed by atoms with Crippen LogP contribution in [0.4, 0.5) is 4.79 Å². The third-order valence-electron chi connectivity index (χ3n) is 4.29. The molecule has 0 saturated carbocycles. The number of nitrogens with zero attached hydrogens (tertiary/aromatic N) is 3. The van der Waals surface area contributed by atoms with Crippen molar-refractivity contribution in [3.8, 4) is 0 Å². The van der Waals surface area contributed by atoms with Crippen molar-refractivity contribution in [3.63, 3.8) is 0 Å². The number of benzene rings is 1. The molecule has 1 aromatic carbocycles. The highest BCUT2D eigenvalue weighted by atomic mass is 16.7. The Morgan fingerprint density at radius 1 is 1.34 bits per heavy atom. The minimum Gasteiger partial charge on any atom is -0.444 e. The van der Waals surface area contributed by atoms with E-state index in [4.69, 9.17) is 30.2 Å². The van der Waals surface area contributed by atoms with E-state index in [1.54, 1.807) is 20.8 Å². The molecule has 160 valence electrons.